The number of nitro benzene ring substituents is 1. The first-order valence-electron chi connectivity index (χ1n) is 9.74. The number of hydrogen-bond acceptors (Lipinski definition) is 8. The molecule has 2 amide bonds. The Hall–Kier alpha value is -4.39. The minimum absolute atomic E-state index is 0.0422. The number of carbonyl (C=O) groups is 2. The Bertz CT molecular complexity index is 1380. The fraction of sp³-hybridized carbons (Fsp3) is 0.143. The van der Waals surface area contributed by atoms with Gasteiger partial charge >= 0.3 is 5.69 Å². The Balaban J connectivity index is 1.86. The molecule has 0 saturated carbocycles. The van der Waals surface area contributed by atoms with E-state index in [1.54, 1.807) is 24.3 Å². The topological polar surface area (TPSA) is 187 Å². The van der Waals surface area contributed by atoms with Crippen molar-refractivity contribution in [2.24, 2.45) is 5.73 Å². The van der Waals surface area contributed by atoms with E-state index in [0.717, 1.165) is 32.9 Å². The summed E-state index contributed by atoms with van der Waals surface area (Å²) in [6, 6.07) is 12.6. The van der Waals surface area contributed by atoms with E-state index in [1.807, 2.05) is 6.07 Å². The van der Waals surface area contributed by atoms with Crippen LogP contribution in [-0.4, -0.2) is 39.1 Å². The highest BCUT2D eigenvalue weighted by atomic mass is 32.2. The summed E-state index contributed by atoms with van der Waals surface area (Å²) in [6.45, 7) is 0.0739. The average molecular weight is 484 g/mol. The van der Waals surface area contributed by atoms with E-state index in [-0.39, 0.29) is 39.9 Å². The normalized spacial score (nSPS) is 10.6. The Morgan fingerprint density at radius 2 is 1.85 bits per heavy atom. The number of nitrogen functional groups attached to an aromatic ring is 1. The predicted octanol–water partition coefficient (Wildman–Crippen LogP) is 0.929. The number of nitrogens with zero attached hydrogens (tertiary/aromatic N) is 3. The number of thioether (sulfide) groups is 1. The molecule has 3 aromatic rings. The number of anilines is 2. The van der Waals surface area contributed by atoms with Crippen molar-refractivity contribution in [1.29, 1.82) is 0 Å². The van der Waals surface area contributed by atoms with E-state index in [1.165, 1.54) is 19.2 Å². The fourth-order valence-electron chi connectivity index (χ4n) is 3.12. The molecule has 0 atom stereocenters. The summed E-state index contributed by atoms with van der Waals surface area (Å²) in [5.74, 6) is -1.91. The van der Waals surface area contributed by atoms with Crippen molar-refractivity contribution in [3.05, 3.63) is 90.6 Å². The molecule has 0 aliphatic carbocycles. The number of carbonyl (C=O) groups excluding carboxylic acids is 2. The third-order valence-corrected chi connectivity index (χ3v) is 5.95. The van der Waals surface area contributed by atoms with Crippen molar-refractivity contribution in [3.8, 4) is 0 Å². The number of nitro groups is 1. The van der Waals surface area contributed by atoms with Crippen LogP contribution in [-0.2, 0) is 11.3 Å². The van der Waals surface area contributed by atoms with Crippen molar-refractivity contribution in [3.63, 3.8) is 0 Å². The zero-order chi connectivity index (χ0) is 25.0. The molecule has 13 heteroatoms. The summed E-state index contributed by atoms with van der Waals surface area (Å²) in [5.41, 5.74) is 9.80. The first-order valence-corrected chi connectivity index (χ1v) is 10.7. The lowest BCUT2D eigenvalue weighted by atomic mass is 10.2. The van der Waals surface area contributed by atoms with Crippen LogP contribution in [0.2, 0.25) is 0 Å². The smallest absolute Gasteiger partial charge is 0.330 e. The summed E-state index contributed by atoms with van der Waals surface area (Å²) >= 11 is 0.842. The third kappa shape index (κ3) is 5.15. The van der Waals surface area contributed by atoms with E-state index < -0.39 is 28.0 Å². The molecule has 12 nitrogen and oxygen atoms in total. The molecule has 0 radical (unpaired) electrons. The van der Waals surface area contributed by atoms with Crippen LogP contribution in [0, 0.1) is 10.1 Å². The molecule has 176 valence electrons. The minimum atomic E-state index is -0.843. The average Bonchev–Trinajstić information content (AvgIpc) is 2.80. The second-order valence-electron chi connectivity index (χ2n) is 7.11. The summed E-state index contributed by atoms with van der Waals surface area (Å²) in [5, 5.41) is 11.4. The lowest BCUT2D eigenvalue weighted by Crippen LogP contribution is -2.40. The number of hydrogen-bond donors (Lipinski definition) is 3. The number of rotatable bonds is 8. The van der Waals surface area contributed by atoms with Crippen LogP contribution in [0.4, 0.5) is 17.2 Å². The van der Waals surface area contributed by atoms with E-state index >= 15 is 0 Å². The van der Waals surface area contributed by atoms with Crippen LogP contribution in [0.3, 0.4) is 0 Å². The van der Waals surface area contributed by atoms with Gasteiger partial charge in [-0.3, -0.25) is 34.0 Å². The second-order valence-corrected chi connectivity index (χ2v) is 8.13. The van der Waals surface area contributed by atoms with Crippen molar-refractivity contribution < 1.29 is 14.5 Å². The van der Waals surface area contributed by atoms with Gasteiger partial charge in [0.25, 0.3) is 11.2 Å². The molecule has 0 fully saturated rings. The molecule has 0 saturated heterocycles. The number of amides is 2. The Kier molecular flexibility index (Phi) is 7.16. The summed E-state index contributed by atoms with van der Waals surface area (Å²) in [7, 11) is 1.31. The van der Waals surface area contributed by atoms with E-state index in [2.05, 4.69) is 4.98 Å². The number of nitrogens with two attached hydrogens (primary N) is 2. The highest BCUT2D eigenvalue weighted by Crippen LogP contribution is 2.30. The van der Waals surface area contributed by atoms with Crippen LogP contribution in [0.5, 0.6) is 0 Å². The monoisotopic (exact) mass is 484 g/mol. The van der Waals surface area contributed by atoms with Crippen molar-refractivity contribution >= 4 is 40.8 Å². The van der Waals surface area contributed by atoms with Crippen molar-refractivity contribution in [2.75, 3.05) is 23.4 Å². The van der Waals surface area contributed by atoms with Crippen molar-refractivity contribution in [1.82, 2.24) is 9.55 Å². The van der Waals surface area contributed by atoms with Gasteiger partial charge in [0.1, 0.15) is 5.82 Å². The van der Waals surface area contributed by atoms with Gasteiger partial charge in [-0.2, -0.15) is 0 Å². The fourth-order valence-corrected chi connectivity index (χ4v) is 4.04. The maximum Gasteiger partial charge on any atom is 0.330 e. The standard InChI is InChI=1S/C21H20N6O6S/c1-25(16(28)11-34-15-8-7-13(19(23)29)9-14(15)27(32)33)17-18(22)26(21(31)24-20(17)30)10-12-5-3-2-4-6-12/h2-9H,10-11,22H2,1H3,(H2,23,29)(H,24,30,31). The van der Waals surface area contributed by atoms with Crippen LogP contribution in [0.15, 0.2) is 63.0 Å². The molecule has 1 heterocycles. The number of benzene rings is 2. The number of H-pyrrole nitrogens is 1. The third-order valence-electron chi connectivity index (χ3n) is 4.90. The zero-order valence-corrected chi connectivity index (χ0v) is 18.7. The zero-order valence-electron chi connectivity index (χ0n) is 17.9. The lowest BCUT2D eigenvalue weighted by Gasteiger charge is -2.20. The van der Waals surface area contributed by atoms with E-state index in [0.29, 0.717) is 0 Å². The number of aromatic amines is 1. The molecule has 2 aromatic carbocycles. The van der Waals surface area contributed by atoms with Gasteiger partial charge in [-0.05, 0) is 17.7 Å². The van der Waals surface area contributed by atoms with Gasteiger partial charge in [-0.15, -0.1) is 11.8 Å². The first kappa shape index (κ1) is 24.3. The second kappa shape index (κ2) is 10.0. The summed E-state index contributed by atoms with van der Waals surface area (Å²) in [4.78, 5) is 62.8. The van der Waals surface area contributed by atoms with Crippen LogP contribution in [0.25, 0.3) is 0 Å². The SMILES string of the molecule is CN(C(=O)CSc1ccc(C(N)=O)cc1[N+](=O)[O-])c1c(N)n(Cc2ccccc2)c(=O)[nH]c1=O. The molecule has 0 unspecified atom stereocenters. The van der Waals surface area contributed by atoms with Crippen LogP contribution < -0.4 is 27.6 Å². The number of primary amides is 1. The van der Waals surface area contributed by atoms with Gasteiger partial charge in [0.2, 0.25) is 11.8 Å². The molecule has 1 aromatic heterocycles. The van der Waals surface area contributed by atoms with Crippen molar-refractivity contribution in [2.45, 2.75) is 11.4 Å². The Morgan fingerprint density at radius 3 is 2.47 bits per heavy atom. The van der Waals surface area contributed by atoms with Gasteiger partial charge in [0.15, 0.2) is 5.69 Å². The Morgan fingerprint density at radius 1 is 1.18 bits per heavy atom. The molecule has 34 heavy (non-hydrogen) atoms. The first-order chi connectivity index (χ1) is 16.1. The largest absolute Gasteiger partial charge is 0.383 e. The predicted molar refractivity (Wildman–Crippen MR) is 127 cm³/mol. The summed E-state index contributed by atoms with van der Waals surface area (Å²) < 4.78 is 1.14. The number of aromatic nitrogens is 2. The highest BCUT2D eigenvalue weighted by molar-refractivity contribution is 8.00. The molecule has 5 N–H and O–H groups in total. The highest BCUT2D eigenvalue weighted by Gasteiger charge is 2.23. The minimum Gasteiger partial charge on any atom is -0.383 e. The van der Waals surface area contributed by atoms with Gasteiger partial charge in [0, 0.05) is 18.7 Å². The van der Waals surface area contributed by atoms with Gasteiger partial charge in [-0.1, -0.05) is 30.3 Å². The maximum absolute atomic E-state index is 12.8. The van der Waals surface area contributed by atoms with E-state index in [9.17, 15) is 29.3 Å². The molecule has 0 aliphatic heterocycles. The lowest BCUT2D eigenvalue weighted by molar-refractivity contribution is -0.387. The molecular weight excluding hydrogens is 464 g/mol. The van der Waals surface area contributed by atoms with E-state index in [4.69, 9.17) is 11.5 Å². The number of nitrogens with one attached hydrogen (secondary N) is 1. The molecule has 0 aliphatic rings. The van der Waals surface area contributed by atoms with Gasteiger partial charge < -0.3 is 16.4 Å². The Labute approximate surface area is 196 Å². The molecule has 3 rings (SSSR count). The van der Waals surface area contributed by atoms with Crippen LogP contribution >= 0.6 is 11.8 Å². The van der Waals surface area contributed by atoms with Gasteiger partial charge in [-0.25, -0.2) is 4.79 Å². The molecular formula is C21H20N6O6S. The molecule has 0 spiro atoms. The summed E-state index contributed by atoms with van der Waals surface area (Å²) in [6.07, 6.45) is 0. The van der Waals surface area contributed by atoms with Gasteiger partial charge in [0.05, 0.1) is 22.1 Å². The quantitative estimate of drug-likeness (QED) is 0.239. The maximum atomic E-state index is 12.8. The van der Waals surface area contributed by atoms with Crippen LogP contribution in [0.1, 0.15) is 15.9 Å². The molecule has 0 bridgehead atoms.